The molecule has 112 valence electrons. The third kappa shape index (κ3) is 6.16. The zero-order chi connectivity index (χ0) is 13.5. The quantitative estimate of drug-likeness (QED) is 0.404. The minimum atomic E-state index is -0.0823. The summed E-state index contributed by atoms with van der Waals surface area (Å²) in [5.74, 6) is 0. The summed E-state index contributed by atoms with van der Waals surface area (Å²) >= 11 is -0.0823. The van der Waals surface area contributed by atoms with Crippen molar-refractivity contribution in [3.05, 3.63) is 68.5 Å². The van der Waals surface area contributed by atoms with Gasteiger partial charge in [0.1, 0.15) is 0 Å². The van der Waals surface area contributed by atoms with E-state index in [0.717, 1.165) is 12.8 Å². The summed E-state index contributed by atoms with van der Waals surface area (Å²) in [7, 11) is 0. The van der Waals surface area contributed by atoms with E-state index in [1.807, 2.05) is 12.2 Å². The molecule has 21 heavy (non-hydrogen) atoms. The van der Waals surface area contributed by atoms with Gasteiger partial charge in [-0.1, -0.05) is 0 Å². The number of hydrogen-bond donors (Lipinski definition) is 0. The molecule has 2 rings (SSSR count). The van der Waals surface area contributed by atoms with Crippen LogP contribution in [0.3, 0.4) is 0 Å². The summed E-state index contributed by atoms with van der Waals surface area (Å²) < 4.78 is 3.49. The van der Waals surface area contributed by atoms with Gasteiger partial charge in [0.2, 0.25) is 0 Å². The first kappa shape index (κ1) is 20.7. The maximum absolute atomic E-state index is 3.83. The monoisotopic (exact) mass is 356 g/mol. The molecule has 0 atom stereocenters. The Morgan fingerprint density at radius 2 is 1.29 bits per heavy atom. The first-order valence-electron chi connectivity index (χ1n) is 7.11. The third-order valence-electron chi connectivity index (χ3n) is 3.59. The van der Waals surface area contributed by atoms with E-state index < -0.39 is 0 Å². The minimum Gasteiger partial charge on any atom is -1.00 e. The van der Waals surface area contributed by atoms with Gasteiger partial charge in [0.15, 0.2) is 0 Å². The first-order valence-corrected chi connectivity index (χ1v) is 8.67. The van der Waals surface area contributed by atoms with Gasteiger partial charge < -0.3 is 24.8 Å². The molecule has 0 amide bonds. The first-order chi connectivity index (χ1) is 9.35. The van der Waals surface area contributed by atoms with Crippen molar-refractivity contribution in [2.24, 2.45) is 0 Å². The van der Waals surface area contributed by atoms with Crippen molar-refractivity contribution in [3.63, 3.8) is 0 Å². The van der Waals surface area contributed by atoms with Crippen molar-refractivity contribution in [2.75, 3.05) is 0 Å². The molecule has 3 heteroatoms. The number of allylic oxidation sites excluding steroid dienone is 10. The van der Waals surface area contributed by atoms with Crippen LogP contribution in [0.1, 0.15) is 38.5 Å². The van der Waals surface area contributed by atoms with E-state index in [4.69, 9.17) is 0 Å². The van der Waals surface area contributed by atoms with Gasteiger partial charge in [-0.25, -0.2) is 0 Å². The summed E-state index contributed by atoms with van der Waals surface area (Å²) in [4.78, 5) is 0. The predicted octanol–water partition coefficient (Wildman–Crippen LogP) is -0.563. The SMILES string of the molecule is C=CCCC1=[C]([Ti+2][C]2=C(CCC=C)C=CC2)CC=C1.[Cl-].[Cl-]. The van der Waals surface area contributed by atoms with Crippen LogP contribution in [0.15, 0.2) is 68.5 Å². The van der Waals surface area contributed by atoms with Crippen LogP contribution in [0.5, 0.6) is 0 Å². The van der Waals surface area contributed by atoms with E-state index in [-0.39, 0.29) is 44.0 Å². The summed E-state index contributed by atoms with van der Waals surface area (Å²) in [6, 6.07) is 0. The normalized spacial score (nSPS) is 15.6. The van der Waals surface area contributed by atoms with Gasteiger partial charge in [-0.15, -0.1) is 0 Å². The molecule has 0 radical (unpaired) electrons. The van der Waals surface area contributed by atoms with Crippen molar-refractivity contribution in [1.82, 2.24) is 0 Å². The summed E-state index contributed by atoms with van der Waals surface area (Å²) in [6.45, 7) is 7.66. The summed E-state index contributed by atoms with van der Waals surface area (Å²) in [6.07, 6.45) is 20.4. The average Bonchev–Trinajstić information content (AvgIpc) is 3.04. The van der Waals surface area contributed by atoms with E-state index in [1.54, 1.807) is 18.9 Å². The molecule has 0 aliphatic heterocycles. The molecule has 0 aromatic heterocycles. The molecule has 0 N–H and O–H groups in total. The standard InChI is InChI=1S/2C9H11.2ClH.Ti/c2*1-2-3-6-9-7-4-5-8-9;;;/h2*2,4,7H,1,3,5-6H2;2*1H;/q;;;;+2/p-2. The van der Waals surface area contributed by atoms with E-state index in [9.17, 15) is 0 Å². The second kappa shape index (κ2) is 11.3. The molecule has 0 saturated carbocycles. The largest absolute Gasteiger partial charge is 1.00 e. The topological polar surface area (TPSA) is 0 Å². The maximum Gasteiger partial charge on any atom is -1.00 e. The number of hydrogen-bond acceptors (Lipinski definition) is 0. The summed E-state index contributed by atoms with van der Waals surface area (Å²) in [5.41, 5.74) is 3.20. The van der Waals surface area contributed by atoms with Crippen molar-refractivity contribution >= 4 is 0 Å². The van der Waals surface area contributed by atoms with Crippen LogP contribution in [-0.4, -0.2) is 0 Å². The van der Waals surface area contributed by atoms with Crippen LogP contribution in [0.25, 0.3) is 0 Å². The third-order valence-corrected chi connectivity index (χ3v) is 6.18. The van der Waals surface area contributed by atoms with Gasteiger partial charge in [0, 0.05) is 0 Å². The van der Waals surface area contributed by atoms with Crippen molar-refractivity contribution in [1.29, 1.82) is 0 Å². The number of rotatable bonds is 8. The van der Waals surface area contributed by atoms with Gasteiger partial charge in [-0.3, -0.25) is 0 Å². The van der Waals surface area contributed by atoms with Gasteiger partial charge in [-0.2, -0.15) is 0 Å². The van der Waals surface area contributed by atoms with E-state index >= 15 is 0 Å². The molecule has 0 unspecified atom stereocenters. The van der Waals surface area contributed by atoms with Gasteiger partial charge in [0.05, 0.1) is 0 Å². The van der Waals surface area contributed by atoms with Crippen LogP contribution >= 0.6 is 0 Å². The smallest absolute Gasteiger partial charge is 1.00 e. The molecule has 0 aromatic carbocycles. The zero-order valence-corrected chi connectivity index (χ0v) is 15.5. The molecule has 0 aromatic rings. The van der Waals surface area contributed by atoms with E-state index in [1.165, 1.54) is 25.7 Å². The fraction of sp³-hybridized carbons (Fsp3) is 0.333. The van der Waals surface area contributed by atoms with Gasteiger partial charge in [0.25, 0.3) is 0 Å². The van der Waals surface area contributed by atoms with Crippen molar-refractivity contribution in [2.45, 2.75) is 38.5 Å². The van der Waals surface area contributed by atoms with Gasteiger partial charge >= 0.3 is 126 Å². The predicted molar refractivity (Wildman–Crippen MR) is 80.4 cm³/mol. The van der Waals surface area contributed by atoms with Crippen LogP contribution in [0.4, 0.5) is 0 Å². The maximum atomic E-state index is 3.83. The fourth-order valence-electron chi connectivity index (χ4n) is 2.53. The Bertz CT molecular complexity index is 437. The Morgan fingerprint density at radius 1 is 0.857 bits per heavy atom. The molecule has 0 saturated heterocycles. The van der Waals surface area contributed by atoms with Crippen molar-refractivity contribution < 1.29 is 44.0 Å². The molecule has 0 nitrogen and oxygen atoms in total. The molecule has 0 fully saturated rings. The zero-order valence-electron chi connectivity index (χ0n) is 12.4. The Kier molecular flexibility index (Phi) is 11.2. The second-order valence-electron chi connectivity index (χ2n) is 5.00. The molecular weight excluding hydrogens is 335 g/mol. The minimum absolute atomic E-state index is 0. The Morgan fingerprint density at radius 3 is 1.67 bits per heavy atom. The second-order valence-corrected chi connectivity index (χ2v) is 7.28. The van der Waals surface area contributed by atoms with E-state index in [2.05, 4.69) is 37.5 Å². The average molecular weight is 357 g/mol. The van der Waals surface area contributed by atoms with E-state index in [0.29, 0.717) is 0 Å². The molecular formula is C18H22Cl2Ti. The van der Waals surface area contributed by atoms with Crippen LogP contribution < -0.4 is 24.8 Å². The van der Waals surface area contributed by atoms with Crippen LogP contribution in [0, 0.1) is 0 Å². The molecule has 0 heterocycles. The molecule has 0 bridgehead atoms. The van der Waals surface area contributed by atoms with Crippen LogP contribution in [0.2, 0.25) is 0 Å². The fourth-order valence-corrected chi connectivity index (χ4v) is 4.94. The Balaban J connectivity index is 0.00000200. The summed E-state index contributed by atoms with van der Waals surface area (Å²) in [5, 5.41) is 0. The van der Waals surface area contributed by atoms with Crippen LogP contribution in [-0.2, 0) is 19.2 Å². The Hall–Kier alpha value is -0.266. The molecule has 0 spiro atoms. The van der Waals surface area contributed by atoms with Crippen molar-refractivity contribution in [3.8, 4) is 0 Å². The molecule has 2 aliphatic rings. The molecule has 2 aliphatic carbocycles. The van der Waals surface area contributed by atoms with Gasteiger partial charge in [-0.05, 0) is 0 Å². The Labute approximate surface area is 150 Å². The number of halogens is 2.